The van der Waals surface area contributed by atoms with E-state index < -0.39 is 0 Å². The highest BCUT2D eigenvalue weighted by atomic mass is 16.2. The zero-order valence-corrected chi connectivity index (χ0v) is 14.9. The summed E-state index contributed by atoms with van der Waals surface area (Å²) in [6, 6.07) is 17.1. The second kappa shape index (κ2) is 7.01. The summed E-state index contributed by atoms with van der Waals surface area (Å²) < 4.78 is 0. The van der Waals surface area contributed by atoms with Crippen LogP contribution in [0.3, 0.4) is 0 Å². The SMILES string of the molecule is C[C@@H](N[C@H]1CCCc2ccccc21)C(=O)N1CCCc2ccccc21. The van der Waals surface area contributed by atoms with Crippen LogP contribution >= 0.6 is 0 Å². The highest BCUT2D eigenvalue weighted by molar-refractivity contribution is 5.98. The standard InChI is InChI=1S/C22H26N2O/c1-16(23-20-13-6-10-17-8-2-4-12-19(17)20)22(25)24-15-7-11-18-9-3-5-14-21(18)24/h2-5,8-9,12,14,16,20,23H,6-7,10-11,13,15H2,1H3/t16-,20+/m1/s1. The molecule has 0 spiro atoms. The molecule has 0 aromatic heterocycles. The Hall–Kier alpha value is -2.13. The monoisotopic (exact) mass is 334 g/mol. The van der Waals surface area contributed by atoms with Crippen LogP contribution in [0.4, 0.5) is 5.69 Å². The van der Waals surface area contributed by atoms with Crippen molar-refractivity contribution in [3.8, 4) is 0 Å². The van der Waals surface area contributed by atoms with Gasteiger partial charge in [-0.2, -0.15) is 0 Å². The molecule has 1 aliphatic carbocycles. The largest absolute Gasteiger partial charge is 0.311 e. The van der Waals surface area contributed by atoms with Gasteiger partial charge in [0.1, 0.15) is 0 Å². The summed E-state index contributed by atoms with van der Waals surface area (Å²) in [6.07, 6.45) is 5.54. The Labute approximate surface area is 150 Å². The summed E-state index contributed by atoms with van der Waals surface area (Å²) in [5.41, 5.74) is 5.18. The van der Waals surface area contributed by atoms with Gasteiger partial charge >= 0.3 is 0 Å². The zero-order chi connectivity index (χ0) is 17.2. The van der Waals surface area contributed by atoms with Crippen molar-refractivity contribution in [2.45, 2.75) is 51.1 Å². The number of nitrogens with zero attached hydrogens (tertiary/aromatic N) is 1. The number of aryl methyl sites for hydroxylation is 2. The minimum absolute atomic E-state index is 0.178. The summed E-state index contributed by atoms with van der Waals surface area (Å²) in [7, 11) is 0. The molecule has 2 atom stereocenters. The maximum Gasteiger partial charge on any atom is 0.243 e. The van der Waals surface area contributed by atoms with Crippen LogP contribution < -0.4 is 10.2 Å². The lowest BCUT2D eigenvalue weighted by Gasteiger charge is -2.34. The van der Waals surface area contributed by atoms with Gasteiger partial charge in [0, 0.05) is 18.3 Å². The first-order valence-electron chi connectivity index (χ1n) is 9.47. The predicted molar refractivity (Wildman–Crippen MR) is 102 cm³/mol. The van der Waals surface area contributed by atoms with E-state index in [2.05, 4.69) is 47.8 Å². The lowest BCUT2D eigenvalue weighted by Crippen LogP contribution is -2.48. The molecule has 0 saturated heterocycles. The summed E-state index contributed by atoms with van der Waals surface area (Å²) in [5.74, 6) is 0.190. The van der Waals surface area contributed by atoms with Crippen LogP contribution in [0.25, 0.3) is 0 Å². The van der Waals surface area contributed by atoms with E-state index in [-0.39, 0.29) is 18.0 Å². The van der Waals surface area contributed by atoms with E-state index in [1.807, 2.05) is 17.9 Å². The van der Waals surface area contributed by atoms with Crippen molar-refractivity contribution < 1.29 is 4.79 Å². The summed E-state index contributed by atoms with van der Waals surface area (Å²) >= 11 is 0. The third-order valence-corrected chi connectivity index (χ3v) is 5.57. The molecule has 2 aromatic carbocycles. The van der Waals surface area contributed by atoms with Crippen LogP contribution in [0.15, 0.2) is 48.5 Å². The third-order valence-electron chi connectivity index (χ3n) is 5.57. The maximum absolute atomic E-state index is 13.1. The van der Waals surface area contributed by atoms with Crippen molar-refractivity contribution in [3.05, 3.63) is 65.2 Å². The molecule has 25 heavy (non-hydrogen) atoms. The number of fused-ring (bicyclic) bond motifs is 2. The molecule has 0 bridgehead atoms. The molecule has 1 N–H and O–H groups in total. The topological polar surface area (TPSA) is 32.3 Å². The van der Waals surface area contributed by atoms with Crippen LogP contribution in [0.5, 0.6) is 0 Å². The van der Waals surface area contributed by atoms with Gasteiger partial charge in [-0.25, -0.2) is 0 Å². The molecule has 130 valence electrons. The number of carbonyl (C=O) groups excluding carboxylic acids is 1. The fourth-order valence-corrected chi connectivity index (χ4v) is 4.30. The van der Waals surface area contributed by atoms with Crippen LogP contribution in [-0.2, 0) is 17.6 Å². The number of carbonyl (C=O) groups is 1. The molecule has 3 nitrogen and oxygen atoms in total. The van der Waals surface area contributed by atoms with Crippen molar-refractivity contribution in [2.75, 3.05) is 11.4 Å². The van der Waals surface area contributed by atoms with Crippen molar-refractivity contribution in [2.24, 2.45) is 0 Å². The molecule has 0 radical (unpaired) electrons. The number of benzene rings is 2. The molecule has 0 unspecified atom stereocenters. The van der Waals surface area contributed by atoms with E-state index in [1.165, 1.54) is 23.1 Å². The van der Waals surface area contributed by atoms with Gasteiger partial charge in [0.15, 0.2) is 0 Å². The van der Waals surface area contributed by atoms with Crippen molar-refractivity contribution in [1.29, 1.82) is 0 Å². The smallest absolute Gasteiger partial charge is 0.243 e. The zero-order valence-electron chi connectivity index (χ0n) is 14.9. The van der Waals surface area contributed by atoms with Gasteiger partial charge < -0.3 is 4.90 Å². The first-order valence-corrected chi connectivity index (χ1v) is 9.47. The summed E-state index contributed by atoms with van der Waals surface area (Å²) in [6.45, 7) is 2.83. The van der Waals surface area contributed by atoms with Crippen LogP contribution in [-0.4, -0.2) is 18.5 Å². The Kier molecular flexibility index (Phi) is 4.58. The van der Waals surface area contributed by atoms with Gasteiger partial charge in [0.25, 0.3) is 0 Å². The van der Waals surface area contributed by atoms with E-state index in [4.69, 9.17) is 0 Å². The third kappa shape index (κ3) is 3.21. The lowest BCUT2D eigenvalue weighted by molar-refractivity contribution is -0.120. The molecule has 2 aromatic rings. The second-order valence-corrected chi connectivity index (χ2v) is 7.25. The number of rotatable bonds is 3. The molecular weight excluding hydrogens is 308 g/mol. The summed E-state index contributed by atoms with van der Waals surface area (Å²) in [5, 5.41) is 3.61. The van der Waals surface area contributed by atoms with Crippen LogP contribution in [0.2, 0.25) is 0 Å². The fourth-order valence-electron chi connectivity index (χ4n) is 4.30. The van der Waals surface area contributed by atoms with Crippen LogP contribution in [0, 0.1) is 0 Å². The Morgan fingerprint density at radius 2 is 1.76 bits per heavy atom. The molecule has 1 heterocycles. The van der Waals surface area contributed by atoms with Crippen molar-refractivity contribution in [3.63, 3.8) is 0 Å². The van der Waals surface area contributed by atoms with E-state index in [0.717, 1.165) is 37.9 Å². The Balaban J connectivity index is 1.51. The Bertz CT molecular complexity index is 770. The van der Waals surface area contributed by atoms with Crippen molar-refractivity contribution in [1.82, 2.24) is 5.32 Å². The molecule has 0 fully saturated rings. The molecule has 0 saturated carbocycles. The number of para-hydroxylation sites is 1. The van der Waals surface area contributed by atoms with Gasteiger partial charge in [0.2, 0.25) is 5.91 Å². The first-order chi connectivity index (χ1) is 12.2. The molecule has 1 amide bonds. The average molecular weight is 334 g/mol. The van der Waals surface area contributed by atoms with E-state index in [0.29, 0.717) is 0 Å². The molecular formula is C22H26N2O. The highest BCUT2D eigenvalue weighted by Gasteiger charge is 2.29. The van der Waals surface area contributed by atoms with Gasteiger partial charge in [-0.1, -0.05) is 42.5 Å². The van der Waals surface area contributed by atoms with E-state index in [9.17, 15) is 4.79 Å². The fraction of sp³-hybridized carbons (Fsp3) is 0.409. The van der Waals surface area contributed by atoms with E-state index in [1.54, 1.807) is 0 Å². The molecule has 2 aliphatic rings. The lowest BCUT2D eigenvalue weighted by atomic mass is 9.87. The molecule has 4 rings (SSSR count). The van der Waals surface area contributed by atoms with Gasteiger partial charge in [-0.3, -0.25) is 10.1 Å². The molecule has 1 aliphatic heterocycles. The Morgan fingerprint density at radius 1 is 1.04 bits per heavy atom. The second-order valence-electron chi connectivity index (χ2n) is 7.25. The average Bonchev–Trinajstić information content (AvgIpc) is 2.67. The maximum atomic E-state index is 13.1. The first kappa shape index (κ1) is 16.3. The predicted octanol–water partition coefficient (Wildman–Crippen LogP) is 4.02. The number of amides is 1. The summed E-state index contributed by atoms with van der Waals surface area (Å²) in [4.78, 5) is 15.1. The Morgan fingerprint density at radius 3 is 2.64 bits per heavy atom. The quantitative estimate of drug-likeness (QED) is 0.919. The van der Waals surface area contributed by atoms with Crippen LogP contribution in [0.1, 0.15) is 48.9 Å². The minimum Gasteiger partial charge on any atom is -0.311 e. The van der Waals surface area contributed by atoms with Gasteiger partial charge in [-0.05, 0) is 61.8 Å². The number of hydrogen-bond donors (Lipinski definition) is 1. The number of nitrogens with one attached hydrogen (secondary N) is 1. The number of anilines is 1. The minimum atomic E-state index is -0.178. The van der Waals surface area contributed by atoms with Gasteiger partial charge in [-0.15, -0.1) is 0 Å². The number of hydrogen-bond acceptors (Lipinski definition) is 2. The van der Waals surface area contributed by atoms with E-state index >= 15 is 0 Å². The normalized spacial score (nSPS) is 20.5. The molecule has 3 heteroatoms. The van der Waals surface area contributed by atoms with Gasteiger partial charge in [0.05, 0.1) is 6.04 Å². The highest BCUT2D eigenvalue weighted by Crippen LogP contribution is 2.31. The van der Waals surface area contributed by atoms with Crippen molar-refractivity contribution >= 4 is 11.6 Å².